The van der Waals surface area contributed by atoms with E-state index in [2.05, 4.69) is 20.8 Å². The highest BCUT2D eigenvalue weighted by Gasteiger charge is 2.77. The number of rotatable bonds is 3. The Labute approximate surface area is 154 Å². The number of ether oxygens (including phenoxy) is 1. The molecule has 5 aliphatic carbocycles. The van der Waals surface area contributed by atoms with Crippen molar-refractivity contribution in [2.75, 3.05) is 13.7 Å². The largest absolute Gasteiger partial charge is 0.396 e. The first-order chi connectivity index (χ1) is 11.9. The van der Waals surface area contributed by atoms with Crippen molar-refractivity contribution >= 4 is 0 Å². The summed E-state index contributed by atoms with van der Waals surface area (Å²) in [4.78, 5) is 0. The number of aliphatic hydroxyl groups is 1. The Hall–Kier alpha value is -0.0800. The molecule has 0 aromatic rings. The zero-order chi connectivity index (χ0) is 17.6. The SMILES string of the molecule is COC1C[C@H]2[C@@H]3CC[C@H]([C@H](C)CO)[C@@]3(C)CC[C@@H]2[C@@]2(C)CCC3CC312. The molecule has 2 nitrogen and oxygen atoms in total. The number of hydrogen-bond donors (Lipinski definition) is 1. The van der Waals surface area contributed by atoms with Gasteiger partial charge in [0.2, 0.25) is 0 Å². The van der Waals surface area contributed by atoms with Gasteiger partial charge in [-0.3, -0.25) is 0 Å². The first kappa shape index (κ1) is 17.0. The molecule has 0 radical (unpaired) electrons. The maximum absolute atomic E-state index is 9.80. The highest BCUT2D eigenvalue weighted by Crippen LogP contribution is 2.82. The molecule has 142 valence electrons. The standard InChI is InChI=1S/C23H38O2/c1-14(13-24)17-5-6-18-16-11-20(25-4)23-12-15(23)7-10-22(23,3)19(16)8-9-21(17,18)2/h14-20,24H,5-13H2,1-4H3/t14-,15?,16+,17-,18+,19+,20?,21-,22-,23?/m1/s1. The fourth-order valence-electron chi connectivity index (χ4n) is 9.68. The summed E-state index contributed by atoms with van der Waals surface area (Å²) in [7, 11) is 1.99. The van der Waals surface area contributed by atoms with Crippen LogP contribution in [0.2, 0.25) is 0 Å². The Morgan fingerprint density at radius 2 is 1.88 bits per heavy atom. The van der Waals surface area contributed by atoms with Crippen molar-refractivity contribution < 1.29 is 9.84 Å². The third-order valence-corrected chi connectivity index (χ3v) is 10.9. The summed E-state index contributed by atoms with van der Waals surface area (Å²) < 4.78 is 6.20. The maximum Gasteiger partial charge on any atom is 0.0638 e. The van der Waals surface area contributed by atoms with Crippen LogP contribution in [-0.4, -0.2) is 24.9 Å². The molecule has 0 aliphatic heterocycles. The predicted octanol–water partition coefficient (Wildman–Crippen LogP) is 4.90. The van der Waals surface area contributed by atoms with Gasteiger partial charge in [0, 0.05) is 19.1 Å². The van der Waals surface area contributed by atoms with Crippen LogP contribution in [-0.2, 0) is 4.74 Å². The molecule has 0 amide bonds. The normalized spacial score (nSPS) is 60.4. The number of hydrogen-bond acceptors (Lipinski definition) is 2. The van der Waals surface area contributed by atoms with E-state index in [1.54, 1.807) is 0 Å². The first-order valence-electron chi connectivity index (χ1n) is 11.1. The van der Waals surface area contributed by atoms with Gasteiger partial charge in [0.05, 0.1) is 6.10 Å². The Bertz CT molecular complexity index is 560. The van der Waals surface area contributed by atoms with Gasteiger partial charge in [-0.15, -0.1) is 0 Å². The number of methoxy groups -OCH3 is 1. The molecule has 3 unspecified atom stereocenters. The van der Waals surface area contributed by atoms with E-state index in [4.69, 9.17) is 4.74 Å². The van der Waals surface area contributed by atoms with Crippen LogP contribution in [0, 0.1) is 51.8 Å². The summed E-state index contributed by atoms with van der Waals surface area (Å²) in [6.07, 6.45) is 11.8. The molecule has 2 heteroatoms. The van der Waals surface area contributed by atoms with E-state index in [0.29, 0.717) is 34.9 Å². The summed E-state index contributed by atoms with van der Waals surface area (Å²) in [6, 6.07) is 0. The second-order valence-electron chi connectivity index (χ2n) is 11.1. The Morgan fingerprint density at radius 1 is 1.08 bits per heavy atom. The van der Waals surface area contributed by atoms with Crippen molar-refractivity contribution in [2.24, 2.45) is 51.8 Å². The Balaban J connectivity index is 1.49. The van der Waals surface area contributed by atoms with Crippen LogP contribution in [0.1, 0.15) is 72.1 Å². The summed E-state index contributed by atoms with van der Waals surface area (Å²) in [5, 5.41) is 9.80. The van der Waals surface area contributed by atoms with E-state index in [1.807, 2.05) is 7.11 Å². The molecule has 5 fully saturated rings. The van der Waals surface area contributed by atoms with E-state index in [9.17, 15) is 5.11 Å². The molecule has 0 bridgehead atoms. The minimum absolute atomic E-state index is 0.365. The van der Waals surface area contributed by atoms with Gasteiger partial charge in [0.15, 0.2) is 0 Å². The summed E-state index contributed by atoms with van der Waals surface area (Å²) in [6.45, 7) is 7.89. The van der Waals surface area contributed by atoms with Crippen LogP contribution in [0.4, 0.5) is 0 Å². The van der Waals surface area contributed by atoms with E-state index >= 15 is 0 Å². The smallest absolute Gasteiger partial charge is 0.0638 e. The van der Waals surface area contributed by atoms with E-state index in [-0.39, 0.29) is 0 Å². The lowest BCUT2D eigenvalue weighted by atomic mass is 9.45. The molecular weight excluding hydrogens is 308 g/mol. The molecule has 25 heavy (non-hydrogen) atoms. The lowest BCUT2D eigenvalue weighted by Crippen LogP contribution is -2.57. The van der Waals surface area contributed by atoms with Crippen LogP contribution >= 0.6 is 0 Å². The molecule has 0 aromatic carbocycles. The van der Waals surface area contributed by atoms with Gasteiger partial charge in [-0.05, 0) is 97.7 Å². The molecule has 0 aromatic heterocycles. The predicted molar refractivity (Wildman–Crippen MR) is 100 cm³/mol. The molecule has 5 rings (SSSR count). The third-order valence-electron chi connectivity index (χ3n) is 10.9. The van der Waals surface area contributed by atoms with Gasteiger partial charge in [0.25, 0.3) is 0 Å². The van der Waals surface area contributed by atoms with E-state index < -0.39 is 0 Å². The van der Waals surface area contributed by atoms with Gasteiger partial charge in [-0.1, -0.05) is 20.8 Å². The van der Waals surface area contributed by atoms with Gasteiger partial charge >= 0.3 is 0 Å². The minimum atomic E-state index is 0.365. The fourth-order valence-corrected chi connectivity index (χ4v) is 9.68. The summed E-state index contributed by atoms with van der Waals surface area (Å²) in [5.74, 6) is 4.85. The van der Waals surface area contributed by atoms with Crippen LogP contribution in [0.25, 0.3) is 0 Å². The zero-order valence-corrected chi connectivity index (χ0v) is 16.8. The van der Waals surface area contributed by atoms with Crippen LogP contribution in [0.15, 0.2) is 0 Å². The maximum atomic E-state index is 9.80. The molecule has 5 saturated carbocycles. The van der Waals surface area contributed by atoms with Crippen molar-refractivity contribution in [3.8, 4) is 0 Å². The van der Waals surface area contributed by atoms with Crippen molar-refractivity contribution in [1.29, 1.82) is 0 Å². The molecule has 0 heterocycles. The second-order valence-corrected chi connectivity index (χ2v) is 11.1. The zero-order valence-electron chi connectivity index (χ0n) is 16.8. The topological polar surface area (TPSA) is 29.5 Å². The minimum Gasteiger partial charge on any atom is -0.396 e. The number of fused-ring (bicyclic) bond motifs is 4. The molecular formula is C23H38O2. The fraction of sp³-hybridized carbons (Fsp3) is 1.00. The summed E-state index contributed by atoms with van der Waals surface area (Å²) in [5.41, 5.74) is 1.56. The molecule has 1 N–H and O–H groups in total. The Kier molecular flexibility index (Phi) is 3.58. The van der Waals surface area contributed by atoms with Gasteiger partial charge in [-0.2, -0.15) is 0 Å². The van der Waals surface area contributed by atoms with E-state index in [1.165, 1.54) is 51.4 Å². The lowest BCUT2D eigenvalue weighted by Gasteiger charge is -2.61. The van der Waals surface area contributed by atoms with Crippen molar-refractivity contribution in [3.63, 3.8) is 0 Å². The lowest BCUT2D eigenvalue weighted by molar-refractivity contribution is -0.161. The van der Waals surface area contributed by atoms with Crippen molar-refractivity contribution in [1.82, 2.24) is 0 Å². The van der Waals surface area contributed by atoms with Crippen LogP contribution in [0.5, 0.6) is 0 Å². The number of aliphatic hydroxyl groups excluding tert-OH is 1. The average molecular weight is 347 g/mol. The van der Waals surface area contributed by atoms with Gasteiger partial charge in [0.1, 0.15) is 0 Å². The molecule has 5 aliphatic rings. The average Bonchev–Trinajstić information content (AvgIpc) is 3.12. The third kappa shape index (κ3) is 1.85. The molecule has 10 atom stereocenters. The quantitative estimate of drug-likeness (QED) is 0.787. The first-order valence-corrected chi connectivity index (χ1v) is 11.1. The summed E-state index contributed by atoms with van der Waals surface area (Å²) >= 11 is 0. The monoisotopic (exact) mass is 346 g/mol. The second kappa shape index (κ2) is 5.25. The van der Waals surface area contributed by atoms with E-state index in [0.717, 1.165) is 29.6 Å². The Morgan fingerprint density at radius 3 is 2.56 bits per heavy atom. The molecule has 0 saturated heterocycles. The van der Waals surface area contributed by atoms with Crippen molar-refractivity contribution in [2.45, 2.75) is 78.2 Å². The molecule has 1 spiro atoms. The van der Waals surface area contributed by atoms with Crippen LogP contribution in [0.3, 0.4) is 0 Å². The highest BCUT2D eigenvalue weighted by atomic mass is 16.5. The van der Waals surface area contributed by atoms with Crippen LogP contribution < -0.4 is 0 Å². The van der Waals surface area contributed by atoms with Gasteiger partial charge < -0.3 is 9.84 Å². The van der Waals surface area contributed by atoms with Gasteiger partial charge in [-0.25, -0.2) is 0 Å². The highest BCUT2D eigenvalue weighted by molar-refractivity contribution is 5.26. The van der Waals surface area contributed by atoms with Crippen molar-refractivity contribution in [3.05, 3.63) is 0 Å².